The van der Waals surface area contributed by atoms with Gasteiger partial charge in [0.05, 0.1) is 13.9 Å². The molecule has 1 aliphatic heterocycles. The van der Waals surface area contributed by atoms with Crippen LogP contribution in [0, 0.1) is 0 Å². The molecule has 0 N–H and O–H groups in total. The summed E-state index contributed by atoms with van der Waals surface area (Å²) >= 11 is 1.33. The van der Waals surface area contributed by atoms with Gasteiger partial charge in [0.1, 0.15) is 0 Å². The topological polar surface area (TPSA) is 18.5 Å². The minimum Gasteiger partial charge on any atom is -0.399 e. The van der Waals surface area contributed by atoms with E-state index in [1.165, 1.54) is 11.3 Å². The van der Waals surface area contributed by atoms with E-state index in [4.69, 9.17) is 12.1 Å². The smallest absolute Gasteiger partial charge is 0.399 e. The van der Waals surface area contributed by atoms with Crippen LogP contribution in [0.3, 0.4) is 0 Å². The molecule has 2 heterocycles. The van der Waals surface area contributed by atoms with Gasteiger partial charge >= 0.3 is 7.12 Å². The van der Waals surface area contributed by atoms with Crippen molar-refractivity contribution in [2.45, 2.75) is 38.9 Å². The lowest BCUT2D eigenvalue weighted by Gasteiger charge is -2.32. The number of benzene rings is 1. The number of fused-ring (bicyclic) bond motifs is 1. The molecule has 0 atom stereocenters. The molecule has 1 fully saturated rings. The van der Waals surface area contributed by atoms with Crippen molar-refractivity contribution in [3.8, 4) is 0 Å². The first-order valence-corrected chi connectivity index (χ1v) is 6.88. The lowest BCUT2D eigenvalue weighted by molar-refractivity contribution is 0.00578. The Bertz CT molecular complexity index is 665. The minimum absolute atomic E-state index is 0.281. The van der Waals surface area contributed by atoms with Crippen LogP contribution in [0.2, 0.25) is 0 Å². The highest BCUT2D eigenvalue weighted by Gasteiger charge is 2.51. The van der Waals surface area contributed by atoms with Crippen LogP contribution in [-0.2, 0) is 9.31 Å². The zero-order chi connectivity index (χ0) is 14.7. The van der Waals surface area contributed by atoms with Crippen LogP contribution < -0.4 is 5.46 Å². The van der Waals surface area contributed by atoms with Crippen molar-refractivity contribution in [2.24, 2.45) is 0 Å². The Hall–Kier alpha value is -0.835. The van der Waals surface area contributed by atoms with Crippen LogP contribution in [0.5, 0.6) is 0 Å². The van der Waals surface area contributed by atoms with Gasteiger partial charge in [-0.15, -0.1) is 11.3 Å². The van der Waals surface area contributed by atoms with Crippen LogP contribution in [0.4, 0.5) is 0 Å². The third kappa shape index (κ3) is 1.80. The molecule has 0 spiro atoms. The van der Waals surface area contributed by atoms with Crippen LogP contribution in [0.15, 0.2) is 29.6 Å². The highest BCUT2D eigenvalue weighted by molar-refractivity contribution is 7.17. The average Bonchev–Trinajstić information content (AvgIpc) is 2.74. The van der Waals surface area contributed by atoms with Gasteiger partial charge in [-0.25, -0.2) is 0 Å². The van der Waals surface area contributed by atoms with Gasteiger partial charge in [0, 0.05) is 4.70 Å². The maximum Gasteiger partial charge on any atom is 0.494 e. The Morgan fingerprint density at radius 1 is 1.17 bits per heavy atom. The highest BCUT2D eigenvalue weighted by Crippen LogP contribution is 2.36. The van der Waals surface area contributed by atoms with Crippen molar-refractivity contribution in [2.75, 3.05) is 0 Å². The quantitative estimate of drug-likeness (QED) is 0.735. The van der Waals surface area contributed by atoms with E-state index in [1.807, 2.05) is 45.9 Å². The second-order valence-corrected chi connectivity index (χ2v) is 6.52. The van der Waals surface area contributed by atoms with Gasteiger partial charge in [-0.2, -0.15) is 0 Å². The van der Waals surface area contributed by atoms with Gasteiger partial charge < -0.3 is 9.31 Å². The SMILES string of the molecule is [2H]c1sc2ccc(B3OC(C)(C)C(C)(C)O3)cc2c1[2H]. The molecule has 1 aromatic heterocycles. The number of thiophene rings is 1. The van der Waals surface area contributed by atoms with Crippen molar-refractivity contribution >= 4 is 34.0 Å². The van der Waals surface area contributed by atoms with Gasteiger partial charge in [-0.1, -0.05) is 12.1 Å². The molecule has 0 saturated carbocycles. The Balaban J connectivity index is 2.02. The van der Waals surface area contributed by atoms with E-state index < -0.39 is 7.12 Å². The van der Waals surface area contributed by atoms with Crippen molar-refractivity contribution in [3.63, 3.8) is 0 Å². The Labute approximate surface area is 115 Å². The van der Waals surface area contributed by atoms with Gasteiger partial charge in [-0.05, 0) is 56.0 Å². The molecule has 1 aromatic carbocycles. The van der Waals surface area contributed by atoms with E-state index in [0.29, 0.717) is 5.36 Å². The molecule has 94 valence electrons. The zero-order valence-corrected chi connectivity index (χ0v) is 11.9. The molecule has 4 heteroatoms. The summed E-state index contributed by atoms with van der Waals surface area (Å²) < 4.78 is 28.7. The van der Waals surface area contributed by atoms with Gasteiger partial charge in [0.25, 0.3) is 0 Å². The van der Waals surface area contributed by atoms with Crippen LogP contribution in [0.25, 0.3) is 10.1 Å². The zero-order valence-electron chi connectivity index (χ0n) is 13.0. The van der Waals surface area contributed by atoms with Crippen LogP contribution in [-0.4, -0.2) is 18.3 Å². The van der Waals surface area contributed by atoms with E-state index in [1.54, 1.807) is 0 Å². The fourth-order valence-corrected chi connectivity index (χ4v) is 2.62. The number of hydrogen-bond acceptors (Lipinski definition) is 3. The summed E-state index contributed by atoms with van der Waals surface area (Å²) in [5.41, 5.74) is 0.166. The predicted molar refractivity (Wildman–Crippen MR) is 77.5 cm³/mol. The molecule has 0 amide bonds. The molecule has 3 rings (SSSR count). The predicted octanol–water partition coefficient (Wildman–Crippen LogP) is 3.20. The second-order valence-electron chi connectivity index (χ2n) is 5.67. The van der Waals surface area contributed by atoms with E-state index in [-0.39, 0.29) is 17.2 Å². The first kappa shape index (κ1) is 10.0. The van der Waals surface area contributed by atoms with Gasteiger partial charge in [0.15, 0.2) is 0 Å². The molecule has 0 bridgehead atoms. The summed E-state index contributed by atoms with van der Waals surface area (Å²) in [6, 6.07) is 6.09. The first-order valence-electron chi connectivity index (χ1n) is 7.06. The standard InChI is InChI=1S/C14H17BO2S/c1-13(2)14(3,4)17-15(16-13)11-5-6-12-10(9-11)7-8-18-12/h5-9H,1-4H3/i7D,8D. The monoisotopic (exact) mass is 262 g/mol. The molecule has 1 saturated heterocycles. The first-order chi connectivity index (χ1) is 9.21. The normalized spacial score (nSPS) is 23.2. The molecule has 0 unspecified atom stereocenters. The van der Waals surface area contributed by atoms with Gasteiger partial charge in [0.2, 0.25) is 0 Å². The van der Waals surface area contributed by atoms with Crippen molar-refractivity contribution in [3.05, 3.63) is 29.6 Å². The molecule has 2 nitrogen and oxygen atoms in total. The molecule has 0 radical (unpaired) electrons. The maximum atomic E-state index is 7.93. The minimum atomic E-state index is -0.419. The summed E-state index contributed by atoms with van der Waals surface area (Å²) in [6.07, 6.45) is 0. The molecule has 1 aliphatic rings. The summed E-state index contributed by atoms with van der Waals surface area (Å²) in [5.74, 6) is 0. The van der Waals surface area contributed by atoms with E-state index in [9.17, 15) is 0 Å². The molecule has 2 aromatic rings. The maximum absolute atomic E-state index is 7.93. The summed E-state index contributed by atoms with van der Waals surface area (Å²) in [7, 11) is -0.419. The fourth-order valence-electron chi connectivity index (χ4n) is 2.00. The lowest BCUT2D eigenvalue weighted by atomic mass is 9.79. The molecule has 18 heavy (non-hydrogen) atoms. The number of hydrogen-bond donors (Lipinski definition) is 0. The second kappa shape index (κ2) is 3.83. The third-order valence-corrected chi connectivity index (χ3v) is 4.66. The summed E-state index contributed by atoms with van der Waals surface area (Å²) in [6.45, 7) is 8.09. The van der Waals surface area contributed by atoms with Crippen molar-refractivity contribution in [1.29, 1.82) is 0 Å². The molecular weight excluding hydrogens is 243 g/mol. The summed E-state index contributed by atoms with van der Waals surface area (Å²) in [4.78, 5) is 0. The average molecular weight is 262 g/mol. The van der Waals surface area contributed by atoms with E-state index in [2.05, 4.69) is 0 Å². The van der Waals surface area contributed by atoms with E-state index in [0.717, 1.165) is 15.5 Å². The highest BCUT2D eigenvalue weighted by atomic mass is 32.1. The van der Waals surface area contributed by atoms with E-state index >= 15 is 0 Å². The molecular formula is C14H17BO2S. The lowest BCUT2D eigenvalue weighted by Crippen LogP contribution is -2.41. The largest absolute Gasteiger partial charge is 0.494 e. The van der Waals surface area contributed by atoms with Crippen LogP contribution >= 0.6 is 11.3 Å². The van der Waals surface area contributed by atoms with Crippen LogP contribution in [0.1, 0.15) is 30.4 Å². The van der Waals surface area contributed by atoms with Gasteiger partial charge in [-0.3, -0.25) is 0 Å². The third-order valence-electron chi connectivity index (χ3n) is 3.88. The Kier molecular flexibility index (Phi) is 2.13. The van der Waals surface area contributed by atoms with Crippen molar-refractivity contribution < 1.29 is 12.1 Å². The molecule has 0 aliphatic carbocycles. The Morgan fingerprint density at radius 3 is 2.50 bits per heavy atom. The number of rotatable bonds is 1. The summed E-state index contributed by atoms with van der Waals surface area (Å²) in [5, 5.41) is 1.10. The fraction of sp³-hybridized carbons (Fsp3) is 0.429. The van der Waals surface area contributed by atoms with Crippen molar-refractivity contribution in [1.82, 2.24) is 0 Å². The Morgan fingerprint density at radius 2 is 1.83 bits per heavy atom.